The molecule has 0 aliphatic heterocycles. The Morgan fingerprint density at radius 3 is 2.52 bits per heavy atom. The summed E-state index contributed by atoms with van der Waals surface area (Å²) in [6.45, 7) is 2.73. The molecule has 0 unspecified atom stereocenters. The van der Waals surface area contributed by atoms with Crippen molar-refractivity contribution in [2.45, 2.75) is 44.8 Å². The molecule has 3 heterocycles. The molecule has 0 aromatic carbocycles. The van der Waals surface area contributed by atoms with E-state index in [2.05, 4.69) is 15.4 Å². The van der Waals surface area contributed by atoms with Gasteiger partial charge in [0.15, 0.2) is 5.82 Å². The van der Waals surface area contributed by atoms with E-state index in [1.807, 2.05) is 6.92 Å². The van der Waals surface area contributed by atoms with Gasteiger partial charge in [0.25, 0.3) is 11.8 Å². The van der Waals surface area contributed by atoms with Gasteiger partial charge >= 0.3 is 6.18 Å². The zero-order valence-electron chi connectivity index (χ0n) is 17.6. The molecule has 0 radical (unpaired) electrons. The lowest BCUT2D eigenvalue weighted by atomic mass is 10.1. The maximum Gasteiger partial charge on any atom is 0.422 e. The van der Waals surface area contributed by atoms with Crippen molar-refractivity contribution >= 4 is 28.8 Å². The van der Waals surface area contributed by atoms with Crippen LogP contribution in [0.4, 0.5) is 22.0 Å². The van der Waals surface area contributed by atoms with Crippen molar-refractivity contribution in [3.8, 4) is 16.4 Å². The van der Waals surface area contributed by atoms with Crippen LogP contribution in [0.5, 0.6) is 0 Å². The third-order valence-electron chi connectivity index (χ3n) is 5.19. The molecule has 3 aromatic rings. The smallest absolute Gasteiger partial charge is 0.336 e. The molecule has 178 valence electrons. The van der Waals surface area contributed by atoms with Crippen molar-refractivity contribution in [2.24, 2.45) is 7.05 Å². The molecule has 7 nitrogen and oxygen atoms in total. The Kier molecular flexibility index (Phi) is 5.76. The van der Waals surface area contributed by atoms with E-state index in [9.17, 15) is 26.7 Å². The van der Waals surface area contributed by atoms with Crippen LogP contribution >= 0.6 is 22.9 Å². The Morgan fingerprint density at radius 1 is 1.30 bits per heavy atom. The second-order valence-electron chi connectivity index (χ2n) is 7.73. The fourth-order valence-corrected chi connectivity index (χ4v) is 4.78. The second-order valence-corrected chi connectivity index (χ2v) is 9.38. The maximum absolute atomic E-state index is 13.8. The summed E-state index contributed by atoms with van der Waals surface area (Å²) in [5.41, 5.74) is -2.60. The number of alkyl halides is 5. The number of carbonyl (C=O) groups excluding carboxylic acids is 1. The molecule has 1 saturated carbocycles. The monoisotopic (exact) mass is 508 g/mol. The molecule has 1 aliphatic rings. The van der Waals surface area contributed by atoms with Gasteiger partial charge in [-0.2, -0.15) is 27.1 Å². The molecule has 1 aliphatic carbocycles. The highest BCUT2D eigenvalue weighted by molar-refractivity contribution is 7.19. The van der Waals surface area contributed by atoms with E-state index < -0.39 is 29.2 Å². The third-order valence-corrected chi connectivity index (χ3v) is 6.57. The fraction of sp³-hybridized carbons (Fsp3) is 0.474. The summed E-state index contributed by atoms with van der Waals surface area (Å²) in [6.07, 6.45) is -2.11. The van der Waals surface area contributed by atoms with Crippen LogP contribution in [0.1, 0.15) is 48.3 Å². The Bertz CT molecular complexity index is 1210. The normalized spacial score (nSPS) is 14.7. The number of rotatable bonds is 6. The van der Waals surface area contributed by atoms with Gasteiger partial charge in [0.1, 0.15) is 21.3 Å². The zero-order valence-corrected chi connectivity index (χ0v) is 19.2. The van der Waals surface area contributed by atoms with E-state index >= 15 is 0 Å². The SMILES string of the molecule is CCN(C(=O)c1cc(-c2cn(-c3c(C(F)(F)F)c(C(C)(F)F)nn3C)nn2)sc1Cl)C1CC1. The van der Waals surface area contributed by atoms with Crippen molar-refractivity contribution in [3.63, 3.8) is 0 Å². The summed E-state index contributed by atoms with van der Waals surface area (Å²) in [6, 6.07) is 1.69. The summed E-state index contributed by atoms with van der Waals surface area (Å²) < 4.78 is 70.4. The summed E-state index contributed by atoms with van der Waals surface area (Å²) in [5, 5.41) is 11.0. The molecule has 1 fully saturated rings. The average Bonchev–Trinajstić information content (AvgIpc) is 3.10. The molecule has 0 spiro atoms. The molecule has 1 amide bonds. The van der Waals surface area contributed by atoms with Crippen molar-refractivity contribution in [1.82, 2.24) is 29.7 Å². The van der Waals surface area contributed by atoms with E-state index in [-0.39, 0.29) is 27.5 Å². The van der Waals surface area contributed by atoms with Crippen LogP contribution in [-0.2, 0) is 19.1 Å². The number of thiophene rings is 1. The van der Waals surface area contributed by atoms with Gasteiger partial charge < -0.3 is 4.90 Å². The van der Waals surface area contributed by atoms with Crippen LogP contribution in [0.2, 0.25) is 4.34 Å². The quantitative estimate of drug-likeness (QED) is 0.432. The molecule has 14 heteroatoms. The lowest BCUT2D eigenvalue weighted by Crippen LogP contribution is -2.32. The topological polar surface area (TPSA) is 68.8 Å². The first-order valence-corrected chi connectivity index (χ1v) is 11.1. The van der Waals surface area contributed by atoms with Crippen LogP contribution in [0, 0.1) is 0 Å². The van der Waals surface area contributed by atoms with E-state index in [0.717, 1.165) is 42.1 Å². The first kappa shape index (κ1) is 23.6. The minimum Gasteiger partial charge on any atom is -0.336 e. The predicted octanol–water partition coefficient (Wildman–Crippen LogP) is 5.14. The van der Waals surface area contributed by atoms with Crippen molar-refractivity contribution < 1.29 is 26.7 Å². The highest BCUT2D eigenvalue weighted by Crippen LogP contribution is 2.42. The van der Waals surface area contributed by atoms with E-state index in [1.54, 1.807) is 4.90 Å². The van der Waals surface area contributed by atoms with Crippen LogP contribution in [-0.4, -0.2) is 48.2 Å². The second kappa shape index (κ2) is 8.05. The minimum atomic E-state index is -5.11. The molecule has 0 saturated heterocycles. The minimum absolute atomic E-state index is 0.134. The first-order chi connectivity index (χ1) is 15.3. The number of nitrogens with zero attached hydrogens (tertiary/aromatic N) is 6. The van der Waals surface area contributed by atoms with Crippen molar-refractivity contribution in [2.75, 3.05) is 6.54 Å². The molecule has 4 rings (SSSR count). The van der Waals surface area contributed by atoms with E-state index in [4.69, 9.17) is 11.6 Å². The summed E-state index contributed by atoms with van der Waals surface area (Å²) in [4.78, 5) is 15.0. The van der Waals surface area contributed by atoms with Gasteiger partial charge in [0.05, 0.1) is 16.6 Å². The van der Waals surface area contributed by atoms with Gasteiger partial charge in [0.2, 0.25) is 0 Å². The van der Waals surface area contributed by atoms with Crippen LogP contribution in [0.25, 0.3) is 16.4 Å². The van der Waals surface area contributed by atoms with Gasteiger partial charge in [-0.05, 0) is 25.8 Å². The molecular weight excluding hydrogens is 491 g/mol. The number of carbonyl (C=O) groups is 1. The number of hydrogen-bond donors (Lipinski definition) is 0. The number of aryl methyl sites for hydroxylation is 1. The lowest BCUT2D eigenvalue weighted by Gasteiger charge is -2.19. The average molecular weight is 509 g/mol. The van der Waals surface area contributed by atoms with Crippen LogP contribution < -0.4 is 0 Å². The Hall–Kier alpha value is -2.54. The molecule has 33 heavy (non-hydrogen) atoms. The summed E-state index contributed by atoms with van der Waals surface area (Å²) in [7, 11) is 1.11. The third kappa shape index (κ3) is 4.35. The summed E-state index contributed by atoms with van der Waals surface area (Å²) >= 11 is 7.30. The lowest BCUT2D eigenvalue weighted by molar-refractivity contribution is -0.141. The van der Waals surface area contributed by atoms with Gasteiger partial charge in [-0.25, -0.2) is 9.36 Å². The standard InChI is InChI=1S/C19H18ClF5N6OS/c1-4-30(9-5-6-9)17(32)10-7-12(33-15(10)20)11-8-31(28-26-11)16-13(19(23,24)25)14(18(2,21)22)27-29(16)3/h7-9H,4-6H2,1-3H3. The van der Waals surface area contributed by atoms with Crippen LogP contribution in [0.15, 0.2) is 12.3 Å². The number of halogens is 6. The number of hydrogen-bond acceptors (Lipinski definition) is 5. The highest BCUT2D eigenvalue weighted by Gasteiger charge is 2.47. The Labute approximate surface area is 193 Å². The predicted molar refractivity (Wildman–Crippen MR) is 111 cm³/mol. The number of amides is 1. The molecule has 0 atom stereocenters. The van der Waals surface area contributed by atoms with E-state index in [1.165, 1.54) is 6.07 Å². The van der Waals surface area contributed by atoms with Gasteiger partial charge in [-0.3, -0.25) is 4.79 Å². The van der Waals surface area contributed by atoms with Gasteiger partial charge in [-0.1, -0.05) is 16.8 Å². The van der Waals surface area contributed by atoms with Crippen LogP contribution in [0.3, 0.4) is 0 Å². The molecule has 0 N–H and O–H groups in total. The van der Waals surface area contributed by atoms with Crippen molar-refractivity contribution in [1.29, 1.82) is 0 Å². The Balaban J connectivity index is 1.73. The zero-order chi connectivity index (χ0) is 24.3. The molecular formula is C19H18ClF5N6OS. The van der Waals surface area contributed by atoms with Gasteiger partial charge in [-0.15, -0.1) is 16.4 Å². The van der Waals surface area contributed by atoms with Gasteiger partial charge in [0, 0.05) is 26.6 Å². The van der Waals surface area contributed by atoms with Crippen molar-refractivity contribution in [3.05, 3.63) is 33.4 Å². The van der Waals surface area contributed by atoms with E-state index in [0.29, 0.717) is 23.0 Å². The largest absolute Gasteiger partial charge is 0.422 e. The first-order valence-electron chi connectivity index (χ1n) is 9.88. The molecule has 3 aromatic heterocycles. The molecule has 0 bridgehead atoms. The number of aromatic nitrogens is 5. The fourth-order valence-electron chi connectivity index (χ4n) is 3.58. The summed E-state index contributed by atoms with van der Waals surface area (Å²) in [5.74, 6) is -4.77. The Morgan fingerprint density at radius 2 is 1.97 bits per heavy atom. The maximum atomic E-state index is 13.8. The highest BCUT2D eigenvalue weighted by atomic mass is 35.5.